The van der Waals surface area contributed by atoms with Gasteiger partial charge in [0.15, 0.2) is 12.4 Å². The van der Waals surface area contributed by atoms with E-state index in [1.165, 1.54) is 25.4 Å². The zero-order valence-electron chi connectivity index (χ0n) is 17.2. The molecule has 0 aliphatic carbocycles. The van der Waals surface area contributed by atoms with E-state index in [0.29, 0.717) is 10.6 Å². The number of hydrogen-bond donors (Lipinski definition) is 3. The van der Waals surface area contributed by atoms with Gasteiger partial charge in [-0.1, -0.05) is 23.2 Å². The highest BCUT2D eigenvalue weighted by Crippen LogP contribution is 2.31. The molecule has 1 unspecified atom stereocenters. The number of aromatic nitrogens is 3. The lowest BCUT2D eigenvalue weighted by molar-refractivity contribution is -0.154. The van der Waals surface area contributed by atoms with Gasteiger partial charge < -0.3 is 15.2 Å². The number of rotatable bonds is 7. The van der Waals surface area contributed by atoms with Crippen LogP contribution in [0.5, 0.6) is 5.88 Å². The molecule has 0 spiro atoms. The normalized spacial score (nSPS) is 12.5. The van der Waals surface area contributed by atoms with Crippen LogP contribution < -0.4 is 15.4 Å². The second-order valence-corrected chi connectivity index (χ2v) is 7.67. The smallest absolute Gasteiger partial charge is 0.422 e. The molecule has 8 nitrogen and oxygen atoms in total. The van der Waals surface area contributed by atoms with Gasteiger partial charge >= 0.3 is 6.18 Å². The van der Waals surface area contributed by atoms with E-state index in [9.17, 15) is 23.1 Å². The Kier molecular flexibility index (Phi) is 7.48. The van der Waals surface area contributed by atoms with Gasteiger partial charge in [-0.15, -0.1) is 5.10 Å². The number of aliphatic hydroxyl groups is 1. The van der Waals surface area contributed by atoms with Crippen molar-refractivity contribution < 1.29 is 27.8 Å². The Morgan fingerprint density at radius 1 is 1.30 bits per heavy atom. The first-order valence-electron chi connectivity index (χ1n) is 9.37. The quantitative estimate of drug-likeness (QED) is 0.416. The van der Waals surface area contributed by atoms with Crippen molar-refractivity contribution >= 4 is 34.8 Å². The molecule has 2 aromatic heterocycles. The number of anilines is 1. The molecule has 3 aromatic rings. The largest absolute Gasteiger partial charge is 0.467 e. The van der Waals surface area contributed by atoms with E-state index in [1.54, 1.807) is 19.1 Å². The maximum Gasteiger partial charge on any atom is 0.422 e. The van der Waals surface area contributed by atoms with E-state index in [-0.39, 0.29) is 27.8 Å². The monoisotopic (exact) mass is 503 g/mol. The summed E-state index contributed by atoms with van der Waals surface area (Å²) in [7, 11) is 1.51. The van der Waals surface area contributed by atoms with Crippen LogP contribution in [-0.4, -0.2) is 45.6 Å². The molecular weight excluding hydrogens is 486 g/mol. The van der Waals surface area contributed by atoms with E-state index < -0.39 is 30.8 Å². The first-order chi connectivity index (χ1) is 15.5. The second kappa shape index (κ2) is 9.96. The number of ether oxygens (including phenoxy) is 1. The topological polar surface area (TPSA) is 101 Å². The van der Waals surface area contributed by atoms with Crippen molar-refractivity contribution in [1.82, 2.24) is 20.1 Å². The third kappa shape index (κ3) is 5.93. The summed E-state index contributed by atoms with van der Waals surface area (Å²) in [5.74, 6) is -1.21. The lowest BCUT2D eigenvalue weighted by Gasteiger charge is -2.18. The lowest BCUT2D eigenvalue weighted by Crippen LogP contribution is -2.22. The summed E-state index contributed by atoms with van der Waals surface area (Å²) in [6, 6.07) is 7.10. The number of aryl methyl sites for hydroxylation is 1. The van der Waals surface area contributed by atoms with E-state index in [4.69, 9.17) is 27.9 Å². The Balaban J connectivity index is 2.04. The first-order valence-corrected chi connectivity index (χ1v) is 10.1. The fourth-order valence-corrected chi connectivity index (χ4v) is 3.41. The number of nitrogens with zero attached hydrogens (tertiary/aromatic N) is 3. The highest BCUT2D eigenvalue weighted by atomic mass is 35.5. The Labute approximate surface area is 196 Å². The summed E-state index contributed by atoms with van der Waals surface area (Å²) in [5.41, 5.74) is 0.873. The minimum Gasteiger partial charge on any atom is -0.467 e. The maximum atomic E-state index is 13.2. The standard InChI is InChI=1S/C20H18Cl2F3N5O3/c1-10-6-11(21)7-12(18(31)26-2)16(10)28-19(32)14-8-15(33-9-20(23,24)25)29-30(14)17-13(22)4-3-5-27-17/h3-8,18,26,31H,9H2,1-2H3,(H,28,32). The number of carbonyl (C=O) groups excluding carboxylic acids is 1. The maximum absolute atomic E-state index is 13.2. The highest BCUT2D eigenvalue weighted by molar-refractivity contribution is 6.32. The zero-order valence-corrected chi connectivity index (χ0v) is 18.8. The zero-order chi connectivity index (χ0) is 24.3. The molecule has 0 saturated heterocycles. The van der Waals surface area contributed by atoms with Crippen LogP contribution >= 0.6 is 23.2 Å². The molecular formula is C20H18Cl2F3N5O3. The van der Waals surface area contributed by atoms with Crippen LogP contribution in [0.3, 0.4) is 0 Å². The summed E-state index contributed by atoms with van der Waals surface area (Å²) in [6.07, 6.45) is -4.38. The average molecular weight is 504 g/mol. The van der Waals surface area contributed by atoms with Crippen LogP contribution in [-0.2, 0) is 0 Å². The Morgan fingerprint density at radius 2 is 2.03 bits per heavy atom. The molecule has 3 N–H and O–H groups in total. The summed E-state index contributed by atoms with van der Waals surface area (Å²) in [5, 5.41) is 19.9. The number of aliphatic hydroxyl groups excluding tert-OH is 1. The molecule has 13 heteroatoms. The summed E-state index contributed by atoms with van der Waals surface area (Å²) in [6.45, 7) is 0.0635. The van der Waals surface area contributed by atoms with Gasteiger partial charge in [0, 0.05) is 22.8 Å². The van der Waals surface area contributed by atoms with Gasteiger partial charge in [-0.3, -0.25) is 10.1 Å². The van der Waals surface area contributed by atoms with E-state index in [1.807, 2.05) is 0 Å². The van der Waals surface area contributed by atoms with Crippen molar-refractivity contribution in [2.45, 2.75) is 19.3 Å². The summed E-state index contributed by atoms with van der Waals surface area (Å²) in [4.78, 5) is 17.2. The van der Waals surface area contributed by atoms with E-state index in [2.05, 4.69) is 20.7 Å². The van der Waals surface area contributed by atoms with Crippen LogP contribution in [0.15, 0.2) is 36.5 Å². The van der Waals surface area contributed by atoms with Gasteiger partial charge in [-0.2, -0.15) is 13.2 Å². The van der Waals surface area contributed by atoms with Crippen LogP contribution in [0, 0.1) is 6.92 Å². The molecule has 1 amide bonds. The van der Waals surface area contributed by atoms with Crippen LogP contribution in [0.25, 0.3) is 5.82 Å². The molecule has 2 heterocycles. The number of hydrogen-bond acceptors (Lipinski definition) is 6. The first kappa shape index (κ1) is 24.8. The predicted octanol–water partition coefficient (Wildman–Crippen LogP) is 4.29. The predicted molar refractivity (Wildman–Crippen MR) is 116 cm³/mol. The fourth-order valence-electron chi connectivity index (χ4n) is 2.93. The van der Waals surface area contributed by atoms with E-state index >= 15 is 0 Å². The van der Waals surface area contributed by atoms with E-state index in [0.717, 1.165) is 10.7 Å². The van der Waals surface area contributed by atoms with Crippen molar-refractivity contribution in [1.29, 1.82) is 0 Å². The molecule has 33 heavy (non-hydrogen) atoms. The van der Waals surface area contributed by atoms with Gasteiger partial charge in [0.05, 0.1) is 10.7 Å². The Hall–Kier alpha value is -2.86. The number of carbonyl (C=O) groups is 1. The van der Waals surface area contributed by atoms with Crippen molar-refractivity contribution in [3.8, 4) is 11.7 Å². The fraction of sp³-hybridized carbons (Fsp3) is 0.250. The van der Waals surface area contributed by atoms with Crippen molar-refractivity contribution in [2.24, 2.45) is 0 Å². The van der Waals surface area contributed by atoms with Crippen LogP contribution in [0.1, 0.15) is 27.8 Å². The minimum absolute atomic E-state index is 0.00878. The van der Waals surface area contributed by atoms with Crippen LogP contribution in [0.4, 0.5) is 18.9 Å². The minimum atomic E-state index is -4.60. The molecule has 176 valence electrons. The van der Waals surface area contributed by atoms with Gasteiger partial charge in [-0.25, -0.2) is 9.67 Å². The molecule has 1 aromatic carbocycles. The van der Waals surface area contributed by atoms with Gasteiger partial charge in [0.1, 0.15) is 11.9 Å². The molecule has 0 radical (unpaired) electrons. The molecule has 1 atom stereocenters. The van der Waals surface area contributed by atoms with Gasteiger partial charge in [-0.05, 0) is 43.8 Å². The molecule has 0 aliphatic rings. The number of nitrogens with one attached hydrogen (secondary N) is 2. The van der Waals surface area contributed by atoms with Crippen molar-refractivity contribution in [3.05, 3.63) is 63.4 Å². The molecule has 0 aliphatic heterocycles. The third-order valence-corrected chi connectivity index (χ3v) is 4.89. The average Bonchev–Trinajstić information content (AvgIpc) is 3.17. The number of pyridine rings is 1. The Bertz CT molecular complexity index is 1170. The number of halogens is 5. The lowest BCUT2D eigenvalue weighted by atomic mass is 10.1. The molecule has 3 rings (SSSR count). The molecule has 0 saturated carbocycles. The third-order valence-electron chi connectivity index (χ3n) is 4.38. The summed E-state index contributed by atoms with van der Waals surface area (Å²) < 4.78 is 43.5. The van der Waals surface area contributed by atoms with Crippen LogP contribution in [0.2, 0.25) is 10.0 Å². The van der Waals surface area contributed by atoms with Gasteiger partial charge in [0.2, 0.25) is 5.88 Å². The SMILES string of the molecule is CNC(O)c1cc(Cl)cc(C)c1NC(=O)c1cc(OCC(F)(F)F)nn1-c1ncccc1Cl. The van der Waals surface area contributed by atoms with Crippen molar-refractivity contribution in [3.63, 3.8) is 0 Å². The second-order valence-electron chi connectivity index (χ2n) is 6.82. The number of amides is 1. The summed E-state index contributed by atoms with van der Waals surface area (Å²) >= 11 is 12.2. The molecule has 0 fully saturated rings. The van der Waals surface area contributed by atoms with Gasteiger partial charge in [0.25, 0.3) is 5.91 Å². The highest BCUT2D eigenvalue weighted by Gasteiger charge is 2.30. The Morgan fingerprint density at radius 3 is 2.67 bits per heavy atom. The number of benzene rings is 1. The number of alkyl halides is 3. The molecule has 0 bridgehead atoms. The van der Waals surface area contributed by atoms with Crippen molar-refractivity contribution in [2.75, 3.05) is 19.0 Å².